The minimum atomic E-state index is -0.584. The van der Waals surface area contributed by atoms with Crippen LogP contribution in [0.25, 0.3) is 10.8 Å². The molecule has 1 N–H and O–H groups in total. The molecule has 0 fully saturated rings. The Kier molecular flexibility index (Phi) is 3.42. The molecule has 2 aromatic rings. The fourth-order valence-electron chi connectivity index (χ4n) is 2.14. The Morgan fingerprint density at radius 1 is 1.32 bits per heavy atom. The van der Waals surface area contributed by atoms with E-state index in [1.165, 1.54) is 0 Å². The highest BCUT2D eigenvalue weighted by Gasteiger charge is 2.27. The Balaban J connectivity index is 1.80. The lowest BCUT2D eigenvalue weighted by Gasteiger charge is -2.11. The Morgan fingerprint density at radius 2 is 2.05 bits per heavy atom. The van der Waals surface area contributed by atoms with Crippen molar-refractivity contribution in [3.63, 3.8) is 0 Å². The summed E-state index contributed by atoms with van der Waals surface area (Å²) in [7, 11) is 0. The van der Waals surface area contributed by atoms with Crippen LogP contribution in [0.2, 0.25) is 0 Å². The smallest absolute Gasteiger partial charge is 0.287 e. The molecule has 2 heterocycles. The molecule has 0 saturated carbocycles. The molecule has 112 valence electrons. The number of hydrogen-bond acceptors (Lipinski definition) is 6. The molecule has 1 aromatic carbocycles. The number of imide groups is 1. The van der Waals surface area contributed by atoms with Crippen LogP contribution in [0, 0.1) is 0 Å². The van der Waals surface area contributed by atoms with Crippen LogP contribution in [-0.4, -0.2) is 39.3 Å². The first-order valence-corrected chi connectivity index (χ1v) is 6.56. The van der Waals surface area contributed by atoms with E-state index in [4.69, 9.17) is 4.74 Å². The number of nitrogens with one attached hydrogen (secondary N) is 1. The molecule has 1 aromatic heterocycles. The highest BCUT2D eigenvalue weighted by Crippen LogP contribution is 2.19. The molecule has 0 spiro atoms. The van der Waals surface area contributed by atoms with E-state index in [2.05, 4.69) is 15.3 Å². The highest BCUT2D eigenvalue weighted by atomic mass is 16.5. The summed E-state index contributed by atoms with van der Waals surface area (Å²) in [6, 6.07) is 6.74. The number of carbonyl (C=O) groups excluding carboxylic acids is 2. The third-order valence-electron chi connectivity index (χ3n) is 3.14. The zero-order valence-corrected chi connectivity index (χ0v) is 11.7. The molecule has 8 nitrogen and oxygen atoms in total. The third kappa shape index (κ3) is 2.46. The topological polar surface area (TPSA) is 105 Å². The minimum Gasteiger partial charge on any atom is -0.466 e. The van der Waals surface area contributed by atoms with Gasteiger partial charge in [0.05, 0.1) is 17.2 Å². The molecular formula is C14H12N4O4. The van der Waals surface area contributed by atoms with E-state index in [-0.39, 0.29) is 23.8 Å². The van der Waals surface area contributed by atoms with Crippen molar-refractivity contribution in [1.29, 1.82) is 0 Å². The Hall–Kier alpha value is -3.03. The SMILES string of the molecule is CC1=NN(C(=O)COc2n[nH]c(=O)c3ccccc23)C(=O)C1. The summed E-state index contributed by atoms with van der Waals surface area (Å²) in [6.45, 7) is 1.27. The molecule has 3 rings (SSSR count). The molecule has 8 heteroatoms. The van der Waals surface area contributed by atoms with Crippen LogP contribution >= 0.6 is 0 Å². The van der Waals surface area contributed by atoms with E-state index < -0.39 is 12.5 Å². The van der Waals surface area contributed by atoms with Crippen molar-refractivity contribution < 1.29 is 14.3 Å². The van der Waals surface area contributed by atoms with Gasteiger partial charge in [-0.25, -0.2) is 5.10 Å². The van der Waals surface area contributed by atoms with E-state index in [1.807, 2.05) is 0 Å². The zero-order valence-electron chi connectivity index (χ0n) is 11.7. The maximum absolute atomic E-state index is 12.0. The second-order valence-electron chi connectivity index (χ2n) is 4.80. The number of hydrazone groups is 1. The monoisotopic (exact) mass is 300 g/mol. The quantitative estimate of drug-likeness (QED) is 0.885. The molecule has 0 saturated heterocycles. The van der Waals surface area contributed by atoms with Crippen LogP contribution in [0.3, 0.4) is 0 Å². The van der Waals surface area contributed by atoms with E-state index in [1.54, 1.807) is 31.2 Å². The van der Waals surface area contributed by atoms with Crippen molar-refractivity contribution in [2.24, 2.45) is 5.10 Å². The van der Waals surface area contributed by atoms with Crippen molar-refractivity contribution in [1.82, 2.24) is 15.2 Å². The minimum absolute atomic E-state index is 0.121. The maximum Gasteiger partial charge on any atom is 0.287 e. The van der Waals surface area contributed by atoms with Gasteiger partial charge in [-0.15, -0.1) is 5.10 Å². The summed E-state index contributed by atoms with van der Waals surface area (Å²) < 4.78 is 5.34. The fraction of sp³-hybridized carbons (Fsp3) is 0.214. The first-order valence-electron chi connectivity index (χ1n) is 6.56. The summed E-state index contributed by atoms with van der Waals surface area (Å²) in [6.07, 6.45) is 0.131. The number of benzene rings is 1. The number of rotatable bonds is 3. The van der Waals surface area contributed by atoms with Crippen LogP contribution in [0.5, 0.6) is 5.88 Å². The van der Waals surface area contributed by atoms with Crippen LogP contribution in [0.15, 0.2) is 34.2 Å². The van der Waals surface area contributed by atoms with E-state index in [9.17, 15) is 14.4 Å². The van der Waals surface area contributed by atoms with Crippen molar-refractivity contribution in [2.45, 2.75) is 13.3 Å². The van der Waals surface area contributed by atoms with Gasteiger partial charge < -0.3 is 4.74 Å². The molecule has 1 aliphatic heterocycles. The van der Waals surface area contributed by atoms with Crippen LogP contribution in [0.1, 0.15) is 13.3 Å². The summed E-state index contributed by atoms with van der Waals surface area (Å²) in [4.78, 5) is 35.2. The molecule has 0 bridgehead atoms. The maximum atomic E-state index is 12.0. The second kappa shape index (κ2) is 5.40. The Bertz CT molecular complexity index is 855. The number of fused-ring (bicyclic) bond motifs is 1. The predicted molar refractivity (Wildman–Crippen MR) is 77.4 cm³/mol. The van der Waals surface area contributed by atoms with Crippen molar-refractivity contribution in [2.75, 3.05) is 6.61 Å². The van der Waals surface area contributed by atoms with Gasteiger partial charge in [-0.2, -0.15) is 10.1 Å². The van der Waals surface area contributed by atoms with Gasteiger partial charge in [0.2, 0.25) is 5.88 Å². The largest absolute Gasteiger partial charge is 0.466 e. The Morgan fingerprint density at radius 3 is 2.73 bits per heavy atom. The van der Waals surface area contributed by atoms with Gasteiger partial charge in [0, 0.05) is 5.71 Å². The summed E-state index contributed by atoms with van der Waals surface area (Å²) in [5.41, 5.74) is 0.232. The first-order chi connectivity index (χ1) is 10.6. The standard InChI is InChI=1S/C14H12N4O4/c1-8-6-11(19)18(17-8)12(20)7-22-14-10-5-3-2-4-9(10)13(21)15-16-14/h2-5H,6-7H2,1H3,(H,15,21). The Labute approximate surface area is 124 Å². The normalized spacial score (nSPS) is 14.3. The van der Waals surface area contributed by atoms with Gasteiger partial charge in [-0.05, 0) is 19.1 Å². The van der Waals surface area contributed by atoms with Crippen molar-refractivity contribution in [3.05, 3.63) is 34.6 Å². The molecule has 0 radical (unpaired) electrons. The van der Waals surface area contributed by atoms with E-state index >= 15 is 0 Å². The fourth-order valence-corrected chi connectivity index (χ4v) is 2.14. The number of nitrogens with zero attached hydrogens (tertiary/aromatic N) is 3. The number of aromatic nitrogens is 2. The van der Waals surface area contributed by atoms with Gasteiger partial charge in [0.15, 0.2) is 6.61 Å². The number of ether oxygens (including phenoxy) is 1. The van der Waals surface area contributed by atoms with Crippen LogP contribution in [-0.2, 0) is 9.59 Å². The van der Waals surface area contributed by atoms with Gasteiger partial charge in [-0.1, -0.05) is 12.1 Å². The zero-order chi connectivity index (χ0) is 15.7. The summed E-state index contributed by atoms with van der Waals surface area (Å²) >= 11 is 0. The van der Waals surface area contributed by atoms with Crippen molar-refractivity contribution >= 4 is 28.3 Å². The lowest BCUT2D eigenvalue weighted by atomic mass is 10.2. The van der Waals surface area contributed by atoms with Crippen LogP contribution < -0.4 is 10.3 Å². The van der Waals surface area contributed by atoms with E-state index in [0.717, 1.165) is 5.01 Å². The first kappa shape index (κ1) is 13.9. The number of amides is 2. The third-order valence-corrected chi connectivity index (χ3v) is 3.14. The lowest BCUT2D eigenvalue weighted by Crippen LogP contribution is -2.32. The lowest BCUT2D eigenvalue weighted by molar-refractivity contribution is -0.144. The molecular weight excluding hydrogens is 288 g/mol. The molecule has 0 unspecified atom stereocenters. The predicted octanol–water partition coefficient (Wildman–Crippen LogP) is 0.437. The molecule has 1 aliphatic rings. The molecule has 0 aliphatic carbocycles. The van der Waals surface area contributed by atoms with E-state index in [0.29, 0.717) is 16.5 Å². The number of aromatic amines is 1. The van der Waals surface area contributed by atoms with Gasteiger partial charge >= 0.3 is 0 Å². The number of carbonyl (C=O) groups is 2. The summed E-state index contributed by atoms with van der Waals surface area (Å²) in [5, 5.41) is 11.6. The summed E-state index contributed by atoms with van der Waals surface area (Å²) in [5.74, 6) is -0.847. The van der Waals surface area contributed by atoms with Gasteiger partial charge in [0.1, 0.15) is 0 Å². The van der Waals surface area contributed by atoms with Crippen LogP contribution in [0.4, 0.5) is 0 Å². The van der Waals surface area contributed by atoms with Gasteiger partial charge in [0.25, 0.3) is 17.4 Å². The second-order valence-corrected chi connectivity index (χ2v) is 4.80. The number of H-pyrrole nitrogens is 1. The average Bonchev–Trinajstić information content (AvgIpc) is 2.85. The van der Waals surface area contributed by atoms with Crippen molar-refractivity contribution in [3.8, 4) is 5.88 Å². The highest BCUT2D eigenvalue weighted by molar-refractivity contribution is 6.10. The average molecular weight is 300 g/mol. The molecule has 22 heavy (non-hydrogen) atoms. The number of hydrogen-bond donors (Lipinski definition) is 1. The molecule has 2 amide bonds. The van der Waals surface area contributed by atoms with Gasteiger partial charge in [-0.3, -0.25) is 14.4 Å². The molecule has 0 atom stereocenters.